The summed E-state index contributed by atoms with van der Waals surface area (Å²) >= 11 is 0. The molecule has 0 spiro atoms. The van der Waals surface area contributed by atoms with Gasteiger partial charge in [0.2, 0.25) is 23.6 Å². The number of aliphatic carboxylic acids is 2. The Bertz CT molecular complexity index is 1490. The zero-order valence-electron chi connectivity index (χ0n) is 30.8. The van der Waals surface area contributed by atoms with E-state index in [1.165, 1.54) is 13.3 Å². The maximum Gasteiger partial charge on any atom is 0.326 e. The second-order valence-corrected chi connectivity index (χ2v) is 13.2. The number of hydrogen-bond acceptors (Lipinski definition) is 9. The van der Waals surface area contributed by atoms with Crippen LogP contribution < -0.4 is 38.1 Å². The first kappa shape index (κ1) is 44.3. The van der Waals surface area contributed by atoms with Crippen LogP contribution in [-0.2, 0) is 35.2 Å². The molecule has 11 N–H and O–H groups in total. The van der Waals surface area contributed by atoms with Crippen LogP contribution in [0, 0.1) is 0 Å². The van der Waals surface area contributed by atoms with E-state index in [9.17, 15) is 33.9 Å². The Kier molecular flexibility index (Phi) is 20.4. The van der Waals surface area contributed by atoms with Crippen molar-refractivity contribution >= 4 is 41.3 Å². The van der Waals surface area contributed by atoms with Crippen molar-refractivity contribution in [2.75, 3.05) is 25.0 Å². The number of hydrogen-bond donors (Lipinski definition) is 9. The maximum absolute atomic E-state index is 13.5. The molecule has 0 bridgehead atoms. The van der Waals surface area contributed by atoms with Crippen molar-refractivity contribution in [3.05, 3.63) is 54.1 Å². The predicted octanol–water partition coefficient (Wildman–Crippen LogP) is 2.27. The minimum atomic E-state index is -1.32. The normalized spacial score (nSPS) is 13.2. The number of anilines is 1. The number of nitrogens with two attached hydrogens (primary N) is 2. The van der Waals surface area contributed by atoms with E-state index in [-0.39, 0.29) is 50.6 Å². The zero-order chi connectivity index (χ0) is 39.2. The zero-order valence-corrected chi connectivity index (χ0v) is 30.8. The van der Waals surface area contributed by atoms with E-state index >= 15 is 0 Å². The molecule has 2 aromatic carbocycles. The van der Waals surface area contributed by atoms with Gasteiger partial charge < -0.3 is 48.3 Å². The lowest BCUT2D eigenvalue weighted by Gasteiger charge is -2.22. The molecule has 2 aromatic rings. The summed E-state index contributed by atoms with van der Waals surface area (Å²) in [7, 11) is 0. The fraction of sp³-hybridized carbons (Fsp3) is 0.526. The first-order chi connectivity index (χ1) is 25.3. The Morgan fingerprint density at radius 3 is 2.15 bits per heavy atom. The molecular formula is C38H57N7O8. The third kappa shape index (κ3) is 18.5. The Balaban J connectivity index is 2.09. The first-order valence-corrected chi connectivity index (χ1v) is 18.3. The highest BCUT2D eigenvalue weighted by Gasteiger charge is 2.26. The van der Waals surface area contributed by atoms with Crippen LogP contribution >= 0.6 is 0 Å². The van der Waals surface area contributed by atoms with Gasteiger partial charge in [0.25, 0.3) is 0 Å². The molecule has 292 valence electrons. The van der Waals surface area contributed by atoms with Crippen molar-refractivity contribution < 1.29 is 39.0 Å². The fourth-order valence-corrected chi connectivity index (χ4v) is 5.55. The van der Waals surface area contributed by atoms with Gasteiger partial charge in [-0.3, -0.25) is 24.0 Å². The minimum Gasteiger partial charge on any atom is -0.481 e. The fourth-order valence-electron chi connectivity index (χ4n) is 5.55. The maximum atomic E-state index is 13.5. The van der Waals surface area contributed by atoms with Crippen LogP contribution in [0.25, 0.3) is 11.1 Å². The summed E-state index contributed by atoms with van der Waals surface area (Å²) in [6.45, 7) is 4.50. The standard InChI is InChI=1S/C38H57N7O8/c1-3-4-5-6-11-29(39)24-41-20-18-31(40)36(50)45-33(37(51)42-21-19-32(38(52)53)44-34(47)12-8-13-35(48)49)23-26-9-7-10-28(22-26)27-14-16-30(17-15-27)43-25(2)46/h7,9-10,14-17,22,29,31-33,41H,3-6,8,11-13,18-21,23-24,39-40H2,1-2H3,(H,42,51)(H,43,46)(H,44,47)(H,45,50)(H,48,49)(H,52,53)/t29-,31-,32+,33+/m0/s1. The van der Waals surface area contributed by atoms with Gasteiger partial charge in [-0.05, 0) is 61.1 Å². The van der Waals surface area contributed by atoms with Gasteiger partial charge >= 0.3 is 11.9 Å². The van der Waals surface area contributed by atoms with Crippen LogP contribution in [0.4, 0.5) is 5.69 Å². The van der Waals surface area contributed by atoms with Crippen LogP contribution in [0.15, 0.2) is 48.5 Å². The van der Waals surface area contributed by atoms with Crippen LogP contribution in [-0.4, -0.2) is 89.6 Å². The van der Waals surface area contributed by atoms with Gasteiger partial charge in [-0.25, -0.2) is 4.79 Å². The molecule has 0 aliphatic rings. The summed E-state index contributed by atoms with van der Waals surface area (Å²) in [5.41, 5.74) is 15.5. The number of benzene rings is 2. The molecule has 0 saturated heterocycles. The number of nitrogens with one attached hydrogen (secondary N) is 5. The lowest BCUT2D eigenvalue weighted by atomic mass is 9.98. The number of carbonyl (C=O) groups excluding carboxylic acids is 4. The summed E-state index contributed by atoms with van der Waals surface area (Å²) in [5.74, 6) is -4.27. The SMILES string of the molecule is CCCCCC[C@H](N)CNCC[C@H](N)C(=O)N[C@H](Cc1cccc(-c2ccc(NC(C)=O)cc2)c1)C(=O)NCC[C@@H](NC(=O)CCCC(=O)O)C(=O)O. The molecule has 0 saturated carbocycles. The highest BCUT2D eigenvalue weighted by Crippen LogP contribution is 2.23. The molecule has 0 aromatic heterocycles. The third-order valence-corrected chi connectivity index (χ3v) is 8.50. The van der Waals surface area contributed by atoms with Crippen molar-refractivity contribution in [2.24, 2.45) is 11.5 Å². The molecule has 53 heavy (non-hydrogen) atoms. The quantitative estimate of drug-likeness (QED) is 0.0633. The van der Waals surface area contributed by atoms with Crippen LogP contribution in [0.1, 0.15) is 83.6 Å². The monoisotopic (exact) mass is 739 g/mol. The first-order valence-electron chi connectivity index (χ1n) is 18.3. The van der Waals surface area contributed by atoms with Crippen molar-refractivity contribution in [3.8, 4) is 11.1 Å². The topological polar surface area (TPSA) is 255 Å². The van der Waals surface area contributed by atoms with E-state index in [0.29, 0.717) is 25.2 Å². The molecular weight excluding hydrogens is 682 g/mol. The van der Waals surface area contributed by atoms with E-state index in [2.05, 4.69) is 33.5 Å². The number of carbonyl (C=O) groups is 6. The summed E-state index contributed by atoms with van der Waals surface area (Å²) in [4.78, 5) is 72.8. The third-order valence-electron chi connectivity index (χ3n) is 8.50. The number of carboxylic acid groups (broad SMARTS) is 2. The smallest absolute Gasteiger partial charge is 0.326 e. The van der Waals surface area contributed by atoms with E-state index < -0.39 is 47.8 Å². The molecule has 0 fully saturated rings. The number of unbranched alkanes of at least 4 members (excludes halogenated alkanes) is 3. The van der Waals surface area contributed by atoms with Gasteiger partial charge in [-0.1, -0.05) is 69.0 Å². The molecule has 2 rings (SSSR count). The summed E-state index contributed by atoms with van der Waals surface area (Å²) in [6.07, 6.45) is 5.38. The molecule has 15 heteroatoms. The number of rotatable bonds is 26. The Morgan fingerprint density at radius 1 is 0.755 bits per heavy atom. The van der Waals surface area contributed by atoms with Gasteiger partial charge in [0, 0.05) is 51.0 Å². The lowest BCUT2D eigenvalue weighted by molar-refractivity contribution is -0.142. The molecule has 0 aliphatic heterocycles. The van der Waals surface area contributed by atoms with Crippen molar-refractivity contribution in [3.63, 3.8) is 0 Å². The molecule has 0 radical (unpaired) electrons. The van der Waals surface area contributed by atoms with Crippen molar-refractivity contribution in [2.45, 2.75) is 109 Å². The Hall–Kier alpha value is -4.86. The largest absolute Gasteiger partial charge is 0.481 e. The van der Waals surface area contributed by atoms with Gasteiger partial charge in [-0.15, -0.1) is 0 Å². The van der Waals surface area contributed by atoms with Crippen molar-refractivity contribution in [1.29, 1.82) is 0 Å². The summed E-state index contributed by atoms with van der Waals surface area (Å²) in [6, 6.07) is 11.4. The predicted molar refractivity (Wildman–Crippen MR) is 203 cm³/mol. The second-order valence-electron chi connectivity index (χ2n) is 13.2. The van der Waals surface area contributed by atoms with E-state index in [4.69, 9.17) is 16.6 Å². The molecule has 0 aliphatic carbocycles. The van der Waals surface area contributed by atoms with Crippen molar-refractivity contribution in [1.82, 2.24) is 21.3 Å². The highest BCUT2D eigenvalue weighted by molar-refractivity contribution is 5.90. The molecule has 15 nitrogen and oxygen atoms in total. The average Bonchev–Trinajstić information content (AvgIpc) is 3.11. The minimum absolute atomic E-state index is 0.00173. The highest BCUT2D eigenvalue weighted by atomic mass is 16.4. The molecule has 4 atom stereocenters. The van der Waals surface area contributed by atoms with Gasteiger partial charge in [-0.2, -0.15) is 0 Å². The molecule has 4 amide bonds. The molecule has 0 heterocycles. The second kappa shape index (κ2) is 24.4. The lowest BCUT2D eigenvalue weighted by Crippen LogP contribution is -2.53. The van der Waals surface area contributed by atoms with Crippen LogP contribution in [0.5, 0.6) is 0 Å². The average molecular weight is 740 g/mol. The van der Waals surface area contributed by atoms with Gasteiger partial charge in [0.1, 0.15) is 12.1 Å². The Labute approximate surface area is 311 Å². The van der Waals surface area contributed by atoms with Crippen LogP contribution in [0.3, 0.4) is 0 Å². The van der Waals surface area contributed by atoms with E-state index in [1.807, 2.05) is 36.4 Å². The van der Waals surface area contributed by atoms with Crippen LogP contribution in [0.2, 0.25) is 0 Å². The Morgan fingerprint density at radius 2 is 1.49 bits per heavy atom. The summed E-state index contributed by atoms with van der Waals surface area (Å²) in [5, 5.41) is 32.2. The van der Waals surface area contributed by atoms with E-state index in [0.717, 1.165) is 42.4 Å². The number of amides is 4. The summed E-state index contributed by atoms with van der Waals surface area (Å²) < 4.78 is 0. The van der Waals surface area contributed by atoms with Gasteiger partial charge in [0.15, 0.2) is 0 Å². The molecule has 0 unspecified atom stereocenters. The number of carboxylic acids is 2. The van der Waals surface area contributed by atoms with E-state index in [1.54, 1.807) is 12.1 Å². The van der Waals surface area contributed by atoms with Gasteiger partial charge in [0.05, 0.1) is 6.04 Å².